The minimum absolute atomic E-state index is 0.00736. The first-order chi connectivity index (χ1) is 11.9. The van der Waals surface area contributed by atoms with Crippen LogP contribution in [-0.2, 0) is 0 Å². The zero-order valence-electron chi connectivity index (χ0n) is 13.4. The molecule has 0 fully saturated rings. The Balaban J connectivity index is 5.39. The molecule has 15 heteroatoms. The van der Waals surface area contributed by atoms with Crippen LogP contribution in [0.15, 0.2) is 11.1 Å². The Bertz CT molecular complexity index is 502. The Hall–Kier alpha value is -0.600. The Morgan fingerprint density at radius 2 is 1.26 bits per heavy atom. The van der Waals surface area contributed by atoms with Gasteiger partial charge in [0.25, 0.3) is 12.3 Å². The normalized spacial score (nSPS) is 17.0. The molecule has 0 aliphatic carbocycles. The molecule has 2 atom stereocenters. The standard InChI is InChI=1S/C12H13F12NS2/c1-3-4-25(27-12(23,24)8(14)10(18,19)20)6(2)5-26-11(21,22)7(13)9(15,16)17/h5,7-8H,3-4H2,1-2H3/b6-5+. The molecule has 1 nitrogen and oxygen atoms in total. The van der Waals surface area contributed by atoms with Gasteiger partial charge in [-0.3, -0.25) is 0 Å². The molecule has 0 saturated heterocycles. The first kappa shape index (κ1) is 26.4. The third kappa shape index (κ3) is 8.11. The van der Waals surface area contributed by atoms with E-state index in [0.717, 1.165) is 6.92 Å². The van der Waals surface area contributed by atoms with Crippen LogP contribution in [0.2, 0.25) is 0 Å². The molecule has 0 radical (unpaired) electrons. The van der Waals surface area contributed by atoms with Crippen molar-refractivity contribution in [1.29, 1.82) is 0 Å². The number of nitrogens with zero attached hydrogens (tertiary/aromatic N) is 1. The lowest BCUT2D eigenvalue weighted by Crippen LogP contribution is -2.41. The van der Waals surface area contributed by atoms with Gasteiger partial charge in [-0.1, -0.05) is 18.7 Å². The summed E-state index contributed by atoms with van der Waals surface area (Å²) in [4.78, 5) is 0. The number of thioether (sulfide) groups is 1. The van der Waals surface area contributed by atoms with E-state index in [-0.39, 0.29) is 11.8 Å². The van der Waals surface area contributed by atoms with Crippen LogP contribution in [0, 0.1) is 0 Å². The smallest absolute Gasteiger partial charge is 0.315 e. The maximum Gasteiger partial charge on any atom is 0.426 e. The predicted molar refractivity (Wildman–Crippen MR) is 77.7 cm³/mol. The molecule has 0 aliphatic rings. The van der Waals surface area contributed by atoms with Gasteiger partial charge in [0.1, 0.15) is 0 Å². The molecule has 0 spiro atoms. The van der Waals surface area contributed by atoms with Crippen LogP contribution < -0.4 is 0 Å². The fourth-order valence-electron chi connectivity index (χ4n) is 1.35. The van der Waals surface area contributed by atoms with Gasteiger partial charge in [-0.15, -0.1) is 0 Å². The summed E-state index contributed by atoms with van der Waals surface area (Å²) < 4.78 is 152. The zero-order chi connectivity index (χ0) is 21.8. The minimum atomic E-state index is -5.90. The lowest BCUT2D eigenvalue weighted by molar-refractivity contribution is -0.220. The molecule has 0 N–H and O–H groups in total. The van der Waals surface area contributed by atoms with Gasteiger partial charge in [0.05, 0.1) is 0 Å². The number of hydrogen-bond donors (Lipinski definition) is 0. The molecule has 162 valence electrons. The van der Waals surface area contributed by atoms with Gasteiger partial charge in [-0.05, 0) is 18.8 Å². The second-order valence-corrected chi connectivity index (χ2v) is 7.19. The van der Waals surface area contributed by atoms with E-state index in [1.807, 2.05) is 0 Å². The number of alkyl halides is 12. The average Bonchev–Trinajstić information content (AvgIpc) is 2.48. The van der Waals surface area contributed by atoms with Crippen molar-refractivity contribution in [1.82, 2.24) is 4.31 Å². The quantitative estimate of drug-likeness (QED) is 0.270. The Morgan fingerprint density at radius 3 is 1.63 bits per heavy atom. The number of rotatable bonds is 9. The Kier molecular flexibility index (Phi) is 9.06. The molecule has 0 amide bonds. The third-order valence-electron chi connectivity index (χ3n) is 2.60. The van der Waals surface area contributed by atoms with Crippen molar-refractivity contribution in [3.63, 3.8) is 0 Å². The lowest BCUT2D eigenvalue weighted by atomic mass is 10.4. The van der Waals surface area contributed by atoms with Crippen molar-refractivity contribution in [2.75, 3.05) is 6.54 Å². The molecule has 0 aromatic heterocycles. The molecule has 2 unspecified atom stereocenters. The van der Waals surface area contributed by atoms with Gasteiger partial charge in [0.15, 0.2) is 0 Å². The SMILES string of the molecule is CCCN(SC(F)(F)C(F)C(F)(F)F)/C(C)=C/SC(F)(F)C(F)C(F)(F)F. The number of halogens is 12. The molecule has 0 heterocycles. The molecule has 0 aromatic rings. The summed E-state index contributed by atoms with van der Waals surface area (Å²) in [6.45, 7) is 1.69. The maximum atomic E-state index is 13.4. The van der Waals surface area contributed by atoms with E-state index in [1.54, 1.807) is 0 Å². The highest BCUT2D eigenvalue weighted by molar-refractivity contribution is 8.03. The van der Waals surface area contributed by atoms with Crippen LogP contribution in [0.5, 0.6) is 0 Å². The predicted octanol–water partition coefficient (Wildman–Crippen LogP) is 6.93. The van der Waals surface area contributed by atoms with Gasteiger partial charge in [0.2, 0.25) is 0 Å². The van der Waals surface area contributed by atoms with E-state index >= 15 is 0 Å². The Labute approximate surface area is 154 Å². The van der Waals surface area contributed by atoms with Crippen molar-refractivity contribution in [2.24, 2.45) is 0 Å². The summed E-state index contributed by atoms with van der Waals surface area (Å²) in [7, 11) is 0. The van der Waals surface area contributed by atoms with Crippen molar-refractivity contribution in [2.45, 2.75) is 55.5 Å². The molecule has 0 bridgehead atoms. The molecule has 0 aliphatic heterocycles. The van der Waals surface area contributed by atoms with E-state index in [0.29, 0.717) is 4.31 Å². The number of hydrogen-bond acceptors (Lipinski definition) is 3. The van der Waals surface area contributed by atoms with E-state index in [2.05, 4.69) is 0 Å². The van der Waals surface area contributed by atoms with E-state index in [4.69, 9.17) is 0 Å². The van der Waals surface area contributed by atoms with Crippen molar-refractivity contribution in [3.8, 4) is 0 Å². The summed E-state index contributed by atoms with van der Waals surface area (Å²) in [5.74, 6) is 0. The summed E-state index contributed by atoms with van der Waals surface area (Å²) in [6.07, 6.45) is -20.9. The second kappa shape index (κ2) is 9.27. The molecular weight excluding hydrogens is 450 g/mol. The van der Waals surface area contributed by atoms with Crippen molar-refractivity contribution < 1.29 is 52.7 Å². The molecular formula is C12H13F12NS2. The summed E-state index contributed by atoms with van der Waals surface area (Å²) >= 11 is -1.95. The van der Waals surface area contributed by atoms with Crippen LogP contribution in [0.4, 0.5) is 52.7 Å². The van der Waals surface area contributed by atoms with Crippen molar-refractivity contribution >= 4 is 23.7 Å². The van der Waals surface area contributed by atoms with Crippen LogP contribution in [0.1, 0.15) is 20.3 Å². The van der Waals surface area contributed by atoms with Crippen LogP contribution in [-0.4, -0.2) is 46.1 Å². The molecule has 0 aromatic carbocycles. The summed E-state index contributed by atoms with van der Waals surface area (Å²) in [6, 6.07) is 0. The van der Waals surface area contributed by atoms with Gasteiger partial charge in [0, 0.05) is 24.2 Å². The first-order valence-corrected chi connectivity index (χ1v) is 8.50. The van der Waals surface area contributed by atoms with Gasteiger partial charge < -0.3 is 4.31 Å². The topological polar surface area (TPSA) is 3.24 Å². The van der Waals surface area contributed by atoms with E-state index in [1.165, 1.54) is 6.92 Å². The van der Waals surface area contributed by atoms with Gasteiger partial charge >= 0.3 is 22.9 Å². The average molecular weight is 463 g/mol. The third-order valence-corrected chi connectivity index (χ3v) is 4.72. The molecule has 0 rings (SSSR count). The van der Waals surface area contributed by atoms with Crippen molar-refractivity contribution in [3.05, 3.63) is 11.1 Å². The second-order valence-electron chi connectivity index (χ2n) is 5.00. The summed E-state index contributed by atoms with van der Waals surface area (Å²) in [5, 5.41) is -9.87. The maximum absolute atomic E-state index is 13.4. The highest BCUT2D eigenvalue weighted by Crippen LogP contribution is 2.46. The fourth-order valence-corrected chi connectivity index (χ4v) is 3.12. The largest absolute Gasteiger partial charge is 0.426 e. The highest BCUT2D eigenvalue weighted by atomic mass is 32.2. The van der Waals surface area contributed by atoms with E-state index < -0.39 is 71.2 Å². The van der Waals surface area contributed by atoms with Crippen LogP contribution >= 0.6 is 23.7 Å². The lowest BCUT2D eigenvalue weighted by Gasteiger charge is -2.30. The first-order valence-electron chi connectivity index (χ1n) is 6.84. The van der Waals surface area contributed by atoms with Gasteiger partial charge in [-0.25, -0.2) is 8.78 Å². The van der Waals surface area contributed by atoms with Crippen LogP contribution in [0.25, 0.3) is 0 Å². The number of allylic oxidation sites excluding steroid dienone is 1. The van der Waals surface area contributed by atoms with Crippen LogP contribution in [0.3, 0.4) is 0 Å². The molecule has 0 saturated carbocycles. The van der Waals surface area contributed by atoms with Gasteiger partial charge in [-0.2, -0.15) is 43.9 Å². The molecule has 27 heavy (non-hydrogen) atoms. The summed E-state index contributed by atoms with van der Waals surface area (Å²) in [5.41, 5.74) is -0.644. The fraction of sp³-hybridized carbons (Fsp3) is 0.833. The minimum Gasteiger partial charge on any atom is -0.315 e. The van der Waals surface area contributed by atoms with E-state index in [9.17, 15) is 52.7 Å². The Morgan fingerprint density at radius 1 is 0.852 bits per heavy atom. The highest BCUT2D eigenvalue weighted by Gasteiger charge is 2.59. The monoisotopic (exact) mass is 463 g/mol. The zero-order valence-corrected chi connectivity index (χ0v) is 15.1.